The fourth-order valence-corrected chi connectivity index (χ4v) is 6.37. The molecule has 286 valence electrons. The predicted octanol–water partition coefficient (Wildman–Crippen LogP) is 12.5. The summed E-state index contributed by atoms with van der Waals surface area (Å²) in [6.07, 6.45) is 39.4. The summed E-state index contributed by atoms with van der Waals surface area (Å²) in [5.41, 5.74) is -0.282. The fourth-order valence-electron chi connectivity index (χ4n) is 5.86. The summed E-state index contributed by atoms with van der Waals surface area (Å²) in [6.45, 7) is 4.86. The maximum Gasteiger partial charge on any atom is 0.339 e. The van der Waals surface area contributed by atoms with E-state index in [0.29, 0.717) is 12.8 Å². The first-order valence-electron chi connectivity index (χ1n) is 20.1. The van der Waals surface area contributed by atoms with Gasteiger partial charge in [0.05, 0.1) is 29.2 Å². The van der Waals surface area contributed by atoms with E-state index >= 15 is 0 Å². The second kappa shape index (κ2) is 31.3. The van der Waals surface area contributed by atoms with Gasteiger partial charge < -0.3 is 9.47 Å². The molecule has 0 fully saturated rings. The van der Waals surface area contributed by atoms with Gasteiger partial charge in [-0.25, -0.2) is 9.59 Å². The Morgan fingerprint density at radius 2 is 0.860 bits per heavy atom. The van der Waals surface area contributed by atoms with Crippen LogP contribution in [0.4, 0.5) is 0 Å². The van der Waals surface area contributed by atoms with Gasteiger partial charge in [-0.2, -0.15) is 8.42 Å². The maximum absolute atomic E-state index is 12.9. The number of unbranched alkanes of at least 4 members (excludes halogenated alkanes) is 22. The van der Waals surface area contributed by atoms with E-state index in [4.69, 9.17) is 9.47 Å². The quantitative estimate of drug-likeness (QED) is 0.0333. The van der Waals surface area contributed by atoms with E-state index in [1.165, 1.54) is 109 Å². The summed E-state index contributed by atoms with van der Waals surface area (Å²) < 4.78 is 43.8. The summed E-state index contributed by atoms with van der Waals surface area (Å²) in [7, 11) is -4.56. The molecule has 0 spiro atoms. The van der Waals surface area contributed by atoms with E-state index in [-0.39, 0.29) is 24.3 Å². The Kier molecular flexibility index (Phi) is 28.5. The molecule has 1 rings (SSSR count). The van der Waals surface area contributed by atoms with Crippen molar-refractivity contribution in [1.82, 2.24) is 0 Å². The number of allylic oxidation sites excluding steroid dienone is 4. The topological polar surface area (TPSA) is 107 Å². The normalized spacial score (nSPS) is 11.9. The predicted molar refractivity (Wildman–Crippen MR) is 206 cm³/mol. The minimum Gasteiger partial charge on any atom is -0.462 e. The third kappa shape index (κ3) is 24.7. The van der Waals surface area contributed by atoms with Crippen molar-refractivity contribution in [2.45, 2.75) is 186 Å². The van der Waals surface area contributed by atoms with Gasteiger partial charge in [0.15, 0.2) is 0 Å². The van der Waals surface area contributed by atoms with Gasteiger partial charge >= 0.3 is 11.9 Å². The molecule has 50 heavy (non-hydrogen) atoms. The zero-order valence-electron chi connectivity index (χ0n) is 31.6. The average molecular weight is 719 g/mol. The lowest BCUT2D eigenvalue weighted by atomic mass is 10.1. The van der Waals surface area contributed by atoms with Crippen LogP contribution < -0.4 is 0 Å². The third-order valence-corrected chi connectivity index (χ3v) is 9.86. The number of carbonyl (C=O) groups excluding carboxylic acids is 2. The molecule has 7 nitrogen and oxygen atoms in total. The smallest absolute Gasteiger partial charge is 0.339 e. The molecule has 0 amide bonds. The van der Waals surface area contributed by atoms with Crippen LogP contribution in [-0.2, 0) is 19.6 Å². The Morgan fingerprint density at radius 1 is 0.520 bits per heavy atom. The lowest BCUT2D eigenvalue weighted by Gasteiger charge is -2.11. The number of esters is 2. The highest BCUT2D eigenvalue weighted by molar-refractivity contribution is 7.85. The lowest BCUT2D eigenvalue weighted by molar-refractivity contribution is 0.0450. The highest BCUT2D eigenvalue weighted by Gasteiger charge is 2.23. The summed E-state index contributed by atoms with van der Waals surface area (Å²) in [6, 6.07) is 3.28. The van der Waals surface area contributed by atoms with Crippen molar-refractivity contribution in [3.63, 3.8) is 0 Å². The highest BCUT2D eigenvalue weighted by atomic mass is 32.2. The van der Waals surface area contributed by atoms with Crippen molar-refractivity contribution in [2.24, 2.45) is 0 Å². The van der Waals surface area contributed by atoms with E-state index in [9.17, 15) is 22.6 Å². The second-order valence-electron chi connectivity index (χ2n) is 13.6. The van der Waals surface area contributed by atoms with Crippen molar-refractivity contribution in [3.8, 4) is 0 Å². The molecule has 1 N–H and O–H groups in total. The van der Waals surface area contributed by atoms with Crippen molar-refractivity contribution in [2.75, 3.05) is 13.2 Å². The molecule has 0 aliphatic carbocycles. The van der Waals surface area contributed by atoms with Gasteiger partial charge in [0, 0.05) is 0 Å². The Balaban J connectivity index is 2.28. The maximum atomic E-state index is 12.9. The number of hydrogen-bond acceptors (Lipinski definition) is 6. The summed E-state index contributed by atoms with van der Waals surface area (Å²) in [4.78, 5) is 25.3. The Labute approximate surface area is 305 Å². The largest absolute Gasteiger partial charge is 0.462 e. The van der Waals surface area contributed by atoms with Gasteiger partial charge in [0.25, 0.3) is 10.1 Å². The molecule has 0 saturated carbocycles. The lowest BCUT2D eigenvalue weighted by Crippen LogP contribution is -2.16. The summed E-state index contributed by atoms with van der Waals surface area (Å²) in [5, 5.41) is 0. The molecule has 0 aliphatic heterocycles. The molecule has 0 aliphatic rings. The standard InChI is InChI=1S/C42H70O7S/c1-3-5-7-9-11-13-15-17-19-21-23-25-27-29-31-35-48-41(43)39-34-33-38(50(45,46)47)37-40(39)42(44)49-36-32-30-28-26-24-22-20-18-16-14-12-10-8-6-4-2/h13-16,33-34,37H,3-12,17-32,35-36H2,1-2H3,(H,45,46,47)/b15-13+,16-14+. The number of rotatable bonds is 33. The second-order valence-corrected chi connectivity index (χ2v) is 15.0. The van der Waals surface area contributed by atoms with Crippen LogP contribution in [0.2, 0.25) is 0 Å². The first kappa shape index (κ1) is 45.6. The van der Waals surface area contributed by atoms with Crippen LogP contribution in [0.1, 0.15) is 202 Å². The van der Waals surface area contributed by atoms with Crippen molar-refractivity contribution < 1.29 is 32.0 Å². The summed E-state index contributed by atoms with van der Waals surface area (Å²) >= 11 is 0. The number of hydrogen-bond donors (Lipinski definition) is 1. The minimum absolute atomic E-state index is 0.0660. The first-order chi connectivity index (χ1) is 24.3. The number of benzene rings is 1. The Morgan fingerprint density at radius 3 is 1.24 bits per heavy atom. The molecule has 0 unspecified atom stereocenters. The molecular formula is C42H70O7S. The zero-order valence-corrected chi connectivity index (χ0v) is 32.5. The number of carbonyl (C=O) groups is 2. The molecular weight excluding hydrogens is 649 g/mol. The van der Waals surface area contributed by atoms with Gasteiger partial charge in [-0.05, 0) is 82.4 Å². The van der Waals surface area contributed by atoms with Crippen LogP contribution in [-0.4, -0.2) is 38.1 Å². The molecule has 0 aromatic heterocycles. The van der Waals surface area contributed by atoms with Gasteiger partial charge in [0.2, 0.25) is 0 Å². The molecule has 0 atom stereocenters. The molecule has 0 radical (unpaired) electrons. The van der Waals surface area contributed by atoms with E-state index < -0.39 is 27.0 Å². The van der Waals surface area contributed by atoms with Gasteiger partial charge in [-0.3, -0.25) is 4.55 Å². The molecule has 8 heteroatoms. The van der Waals surface area contributed by atoms with Crippen LogP contribution >= 0.6 is 0 Å². The highest BCUT2D eigenvalue weighted by Crippen LogP contribution is 2.20. The molecule has 1 aromatic carbocycles. The molecule has 0 heterocycles. The van der Waals surface area contributed by atoms with Crippen LogP contribution in [0.3, 0.4) is 0 Å². The van der Waals surface area contributed by atoms with Crippen molar-refractivity contribution >= 4 is 22.1 Å². The van der Waals surface area contributed by atoms with Gasteiger partial charge in [-0.15, -0.1) is 0 Å². The van der Waals surface area contributed by atoms with Crippen LogP contribution in [0.15, 0.2) is 47.4 Å². The minimum atomic E-state index is -4.56. The third-order valence-electron chi connectivity index (χ3n) is 9.01. The van der Waals surface area contributed by atoms with E-state index in [0.717, 1.165) is 63.5 Å². The van der Waals surface area contributed by atoms with E-state index in [1.54, 1.807) is 0 Å². The molecule has 1 aromatic rings. The SMILES string of the molecule is CCCCCC/C=C/CCCCCCCCCOC(=O)c1ccc(S(=O)(=O)O)cc1C(=O)OCCCCCCCCC/C=C/CCCCCC. The van der Waals surface area contributed by atoms with Gasteiger partial charge in [0.1, 0.15) is 0 Å². The summed E-state index contributed by atoms with van der Waals surface area (Å²) in [5.74, 6) is -1.51. The average Bonchev–Trinajstić information content (AvgIpc) is 3.10. The van der Waals surface area contributed by atoms with E-state index in [1.807, 2.05) is 0 Å². The van der Waals surface area contributed by atoms with Crippen LogP contribution in [0.5, 0.6) is 0 Å². The Bertz CT molecular complexity index is 1170. The van der Waals surface area contributed by atoms with Gasteiger partial charge in [-0.1, -0.05) is 141 Å². The first-order valence-corrected chi connectivity index (χ1v) is 21.5. The number of ether oxygens (including phenoxy) is 2. The molecule has 0 saturated heterocycles. The van der Waals surface area contributed by atoms with E-state index in [2.05, 4.69) is 38.2 Å². The zero-order chi connectivity index (χ0) is 36.5. The van der Waals surface area contributed by atoms with Crippen molar-refractivity contribution in [1.29, 1.82) is 0 Å². The molecule has 0 bridgehead atoms. The van der Waals surface area contributed by atoms with Crippen LogP contribution in [0.25, 0.3) is 0 Å². The fraction of sp³-hybridized carbons (Fsp3) is 0.714. The Hall–Kier alpha value is -2.45. The van der Waals surface area contributed by atoms with Crippen molar-refractivity contribution in [3.05, 3.63) is 53.6 Å². The van der Waals surface area contributed by atoms with Crippen LogP contribution in [0, 0.1) is 0 Å². The monoisotopic (exact) mass is 718 g/mol.